The largest absolute Gasteiger partial charge is 0.368 e. The predicted molar refractivity (Wildman–Crippen MR) is 49.9 cm³/mol. The van der Waals surface area contributed by atoms with Gasteiger partial charge in [0.2, 0.25) is 5.91 Å². The number of carbonyl (C=O) groups is 1. The highest BCUT2D eigenvalue weighted by Gasteiger charge is 2.11. The Morgan fingerprint density at radius 1 is 1.77 bits per heavy atom. The Morgan fingerprint density at radius 3 is 2.92 bits per heavy atom. The van der Waals surface area contributed by atoms with Gasteiger partial charge in [-0.1, -0.05) is 12.0 Å². The topological polar surface area (TPSA) is 104 Å². The first kappa shape index (κ1) is 11.7. The van der Waals surface area contributed by atoms with Crippen LogP contribution in [0.1, 0.15) is 19.8 Å². The van der Waals surface area contributed by atoms with Crippen LogP contribution in [0.3, 0.4) is 0 Å². The van der Waals surface area contributed by atoms with E-state index in [4.69, 9.17) is 11.3 Å². The first-order chi connectivity index (χ1) is 6.22. The molecule has 0 saturated carbocycles. The van der Waals surface area contributed by atoms with Crippen LogP contribution < -0.4 is 11.1 Å². The highest BCUT2D eigenvalue weighted by Crippen LogP contribution is 1.97. The van der Waals surface area contributed by atoms with Crippen molar-refractivity contribution in [1.82, 2.24) is 5.32 Å². The third-order valence-electron chi connectivity index (χ3n) is 1.61. The van der Waals surface area contributed by atoms with E-state index in [1.54, 1.807) is 0 Å². The number of nitrogens with two attached hydrogens (primary N) is 1. The maximum absolute atomic E-state index is 10.8. The Kier molecular flexibility index (Phi) is 6.68. The van der Waals surface area contributed by atoms with E-state index in [-0.39, 0.29) is 11.9 Å². The summed E-state index contributed by atoms with van der Waals surface area (Å²) in [6, 6.07) is -0.307. The molecule has 3 N–H and O–H groups in total. The van der Waals surface area contributed by atoms with E-state index < -0.39 is 0 Å². The lowest BCUT2D eigenvalue weighted by Crippen LogP contribution is -2.41. The number of hydrogen-bond donors (Lipinski definition) is 2. The van der Waals surface area contributed by atoms with Crippen molar-refractivity contribution in [2.75, 3.05) is 13.1 Å². The molecule has 74 valence electrons. The minimum absolute atomic E-state index is 0.307. The smallest absolute Gasteiger partial charge is 0.234 e. The lowest BCUT2D eigenvalue weighted by atomic mass is 10.1. The Morgan fingerprint density at radius 2 is 2.46 bits per heavy atom. The molecule has 0 aliphatic rings. The number of azide groups is 1. The molecule has 6 nitrogen and oxygen atoms in total. The molecule has 13 heavy (non-hydrogen) atoms. The molecule has 1 unspecified atom stereocenters. The maximum atomic E-state index is 10.8. The Labute approximate surface area is 77.1 Å². The van der Waals surface area contributed by atoms with Gasteiger partial charge in [-0.2, -0.15) is 0 Å². The van der Waals surface area contributed by atoms with Crippen LogP contribution in [0.4, 0.5) is 0 Å². The first-order valence-corrected chi connectivity index (χ1v) is 4.26. The van der Waals surface area contributed by atoms with Gasteiger partial charge in [-0.3, -0.25) is 4.79 Å². The van der Waals surface area contributed by atoms with Gasteiger partial charge in [0, 0.05) is 11.5 Å². The fourth-order valence-electron chi connectivity index (χ4n) is 1.00. The van der Waals surface area contributed by atoms with Gasteiger partial charge < -0.3 is 11.1 Å². The lowest BCUT2D eigenvalue weighted by Gasteiger charge is -2.12. The number of nitrogens with zero attached hydrogens (tertiary/aromatic N) is 3. The molecule has 0 radical (unpaired) electrons. The average molecular weight is 185 g/mol. The predicted octanol–water partition coefficient (Wildman–Crippen LogP) is 0.540. The summed E-state index contributed by atoms with van der Waals surface area (Å²) in [5.41, 5.74) is 13.1. The number of nitrogens with one attached hydrogen (secondary N) is 1. The van der Waals surface area contributed by atoms with E-state index in [9.17, 15) is 4.79 Å². The molecule has 0 heterocycles. The molecule has 0 aromatic heterocycles. The molecule has 0 spiro atoms. The van der Waals surface area contributed by atoms with Crippen molar-refractivity contribution in [3.05, 3.63) is 10.4 Å². The van der Waals surface area contributed by atoms with Gasteiger partial charge in [-0.25, -0.2) is 0 Å². The molecule has 0 rings (SSSR count). The van der Waals surface area contributed by atoms with Gasteiger partial charge in [0.1, 0.15) is 0 Å². The lowest BCUT2D eigenvalue weighted by molar-refractivity contribution is -0.120. The highest BCUT2D eigenvalue weighted by atomic mass is 16.1. The third-order valence-corrected chi connectivity index (χ3v) is 1.61. The number of hydrogen-bond acceptors (Lipinski definition) is 3. The number of likely N-dealkylation sites (N-methyl/N-ethyl adjacent to an activating group) is 1. The minimum Gasteiger partial charge on any atom is -0.368 e. The van der Waals surface area contributed by atoms with Crippen molar-refractivity contribution in [3.63, 3.8) is 0 Å². The van der Waals surface area contributed by atoms with Gasteiger partial charge in [0.25, 0.3) is 0 Å². The normalized spacial score (nSPS) is 11.8. The zero-order valence-electron chi connectivity index (χ0n) is 7.73. The summed E-state index contributed by atoms with van der Waals surface area (Å²) in [6.45, 7) is 3.02. The second kappa shape index (κ2) is 7.39. The summed E-state index contributed by atoms with van der Waals surface area (Å²) in [5, 5.41) is 6.31. The van der Waals surface area contributed by atoms with Crippen LogP contribution in [0, 0.1) is 0 Å². The molecule has 0 aliphatic carbocycles. The van der Waals surface area contributed by atoms with E-state index in [1.165, 1.54) is 0 Å². The van der Waals surface area contributed by atoms with E-state index >= 15 is 0 Å². The van der Waals surface area contributed by atoms with Crippen molar-refractivity contribution >= 4 is 5.91 Å². The van der Waals surface area contributed by atoms with E-state index in [0.29, 0.717) is 25.9 Å². The number of primary amides is 1. The van der Waals surface area contributed by atoms with Crippen molar-refractivity contribution < 1.29 is 4.79 Å². The summed E-state index contributed by atoms with van der Waals surface area (Å²) in [5.74, 6) is -0.359. The molecule has 0 aliphatic heterocycles. The number of amides is 1. The summed E-state index contributed by atoms with van der Waals surface area (Å²) in [7, 11) is 0. The van der Waals surface area contributed by atoms with Crippen LogP contribution in [0.25, 0.3) is 10.4 Å². The fourth-order valence-corrected chi connectivity index (χ4v) is 1.00. The molecule has 1 amide bonds. The Balaban J connectivity index is 3.68. The van der Waals surface area contributed by atoms with Gasteiger partial charge in [0.05, 0.1) is 6.04 Å². The van der Waals surface area contributed by atoms with Gasteiger partial charge in [0.15, 0.2) is 0 Å². The SMILES string of the molecule is CCNC(CCCN=[N+]=[N-])C(N)=O. The highest BCUT2D eigenvalue weighted by molar-refractivity contribution is 5.79. The number of rotatable bonds is 7. The second-order valence-electron chi connectivity index (χ2n) is 2.61. The van der Waals surface area contributed by atoms with Crippen LogP contribution in [-0.4, -0.2) is 25.0 Å². The maximum Gasteiger partial charge on any atom is 0.234 e. The molecule has 0 bridgehead atoms. The van der Waals surface area contributed by atoms with E-state index in [1.807, 2.05) is 6.92 Å². The zero-order valence-corrected chi connectivity index (χ0v) is 7.73. The van der Waals surface area contributed by atoms with Crippen molar-refractivity contribution in [2.24, 2.45) is 10.8 Å². The summed E-state index contributed by atoms with van der Waals surface area (Å²) in [4.78, 5) is 13.4. The van der Waals surface area contributed by atoms with Crippen LogP contribution in [0.15, 0.2) is 5.11 Å². The Hall–Kier alpha value is -1.26. The minimum atomic E-state index is -0.359. The second-order valence-corrected chi connectivity index (χ2v) is 2.61. The van der Waals surface area contributed by atoms with E-state index in [2.05, 4.69) is 15.3 Å². The average Bonchev–Trinajstić information content (AvgIpc) is 2.10. The van der Waals surface area contributed by atoms with Crippen molar-refractivity contribution in [2.45, 2.75) is 25.8 Å². The molecule has 0 aromatic carbocycles. The monoisotopic (exact) mass is 185 g/mol. The zero-order chi connectivity index (χ0) is 10.1. The van der Waals surface area contributed by atoms with Gasteiger partial charge in [-0.05, 0) is 24.9 Å². The molecule has 1 atom stereocenters. The van der Waals surface area contributed by atoms with Gasteiger partial charge in [-0.15, -0.1) is 0 Å². The van der Waals surface area contributed by atoms with Crippen LogP contribution in [0.2, 0.25) is 0 Å². The fraction of sp³-hybridized carbons (Fsp3) is 0.857. The third kappa shape index (κ3) is 5.95. The molecule has 0 saturated heterocycles. The molecule has 6 heteroatoms. The molecular weight excluding hydrogens is 170 g/mol. The molecule has 0 aromatic rings. The summed E-state index contributed by atoms with van der Waals surface area (Å²) >= 11 is 0. The summed E-state index contributed by atoms with van der Waals surface area (Å²) < 4.78 is 0. The van der Waals surface area contributed by atoms with Crippen LogP contribution in [-0.2, 0) is 4.79 Å². The van der Waals surface area contributed by atoms with Crippen LogP contribution in [0.5, 0.6) is 0 Å². The van der Waals surface area contributed by atoms with Crippen molar-refractivity contribution in [1.29, 1.82) is 0 Å². The Bertz CT molecular complexity index is 199. The van der Waals surface area contributed by atoms with Crippen LogP contribution >= 0.6 is 0 Å². The quantitative estimate of drug-likeness (QED) is 0.261. The van der Waals surface area contributed by atoms with Gasteiger partial charge >= 0.3 is 0 Å². The standard InChI is InChI=1S/C7H15N5O/c1-2-10-6(7(8)13)4-3-5-11-12-9/h6,10H,2-5H2,1H3,(H2,8,13). The van der Waals surface area contributed by atoms with Crippen molar-refractivity contribution in [3.8, 4) is 0 Å². The first-order valence-electron chi connectivity index (χ1n) is 4.26. The molecule has 0 fully saturated rings. The summed E-state index contributed by atoms with van der Waals surface area (Å²) in [6.07, 6.45) is 1.28. The van der Waals surface area contributed by atoms with E-state index in [0.717, 1.165) is 0 Å². The molecular formula is C7H15N5O. The number of carbonyl (C=O) groups excluding carboxylic acids is 1.